The second kappa shape index (κ2) is 6.86. The molecule has 3 nitrogen and oxygen atoms in total. The van der Waals surface area contributed by atoms with Crippen molar-refractivity contribution in [3.05, 3.63) is 41.5 Å². The lowest BCUT2D eigenvalue weighted by Crippen LogP contribution is -2.05. The first kappa shape index (κ1) is 13.5. The fourth-order valence-electron chi connectivity index (χ4n) is 1.44. The van der Waals surface area contributed by atoms with E-state index in [1.54, 1.807) is 24.3 Å². The summed E-state index contributed by atoms with van der Waals surface area (Å²) in [6.07, 6.45) is 4.64. The van der Waals surface area contributed by atoms with E-state index in [1.807, 2.05) is 19.1 Å². The summed E-state index contributed by atoms with van der Waals surface area (Å²) in [5.74, 6) is -0.910. The number of hydrogen-bond acceptors (Lipinski definition) is 2. The van der Waals surface area contributed by atoms with Crippen molar-refractivity contribution in [1.82, 2.24) is 0 Å². The average molecular weight is 234 g/mol. The number of benzene rings is 1. The molecule has 1 N–H and O–H groups in total. The van der Waals surface area contributed by atoms with Gasteiger partial charge in [-0.05, 0) is 25.0 Å². The Morgan fingerprint density at radius 1 is 1.47 bits per heavy atom. The molecular formula is C14H18O3. The number of hydrogen-bond donors (Lipinski definition) is 1. The van der Waals surface area contributed by atoms with E-state index in [9.17, 15) is 4.79 Å². The van der Waals surface area contributed by atoms with Crippen molar-refractivity contribution in [3.8, 4) is 0 Å². The molecule has 0 saturated carbocycles. The molecule has 0 aliphatic carbocycles. The van der Waals surface area contributed by atoms with Crippen LogP contribution < -0.4 is 0 Å². The Balaban J connectivity index is 2.73. The summed E-state index contributed by atoms with van der Waals surface area (Å²) in [4.78, 5) is 11.0. The van der Waals surface area contributed by atoms with Crippen LogP contribution in [0.3, 0.4) is 0 Å². The number of carbonyl (C=O) groups is 1. The maximum atomic E-state index is 11.0. The second-order valence-corrected chi connectivity index (χ2v) is 3.83. The Bertz CT molecular complexity index is 396. The van der Waals surface area contributed by atoms with E-state index in [2.05, 4.69) is 6.92 Å². The molecule has 0 aliphatic heterocycles. The molecule has 17 heavy (non-hydrogen) atoms. The summed E-state index contributed by atoms with van der Waals surface area (Å²) in [5.41, 5.74) is 1.01. The van der Waals surface area contributed by atoms with E-state index >= 15 is 0 Å². The summed E-state index contributed by atoms with van der Waals surface area (Å²) >= 11 is 0. The molecule has 0 saturated heterocycles. The monoisotopic (exact) mass is 234 g/mol. The van der Waals surface area contributed by atoms with Crippen LogP contribution in [0.15, 0.2) is 30.3 Å². The first-order chi connectivity index (χ1) is 8.15. The fourth-order valence-corrected chi connectivity index (χ4v) is 1.44. The standard InChI is InChI=1S/C14H18O3/c1-3-10-17-11(2)8-9-12-6-4-5-7-13(12)14(15)16/h4-9,11H,3,10H2,1-2H3,(H,15,16). The molecule has 1 aromatic carbocycles. The summed E-state index contributed by atoms with van der Waals surface area (Å²) < 4.78 is 5.48. The number of ether oxygens (including phenoxy) is 1. The molecule has 1 unspecified atom stereocenters. The smallest absolute Gasteiger partial charge is 0.336 e. The fraction of sp³-hybridized carbons (Fsp3) is 0.357. The molecule has 0 bridgehead atoms. The number of carboxylic acid groups (broad SMARTS) is 1. The number of rotatable bonds is 6. The van der Waals surface area contributed by atoms with Crippen LogP contribution in [0.25, 0.3) is 6.08 Å². The van der Waals surface area contributed by atoms with Crippen LogP contribution >= 0.6 is 0 Å². The van der Waals surface area contributed by atoms with E-state index in [4.69, 9.17) is 9.84 Å². The molecule has 0 aromatic heterocycles. The van der Waals surface area contributed by atoms with Crippen LogP contribution in [0.5, 0.6) is 0 Å². The molecule has 0 spiro atoms. The van der Waals surface area contributed by atoms with Gasteiger partial charge in [0.05, 0.1) is 11.7 Å². The van der Waals surface area contributed by atoms with E-state index in [0.717, 1.165) is 6.42 Å². The molecule has 0 aliphatic rings. The Kier molecular flexibility index (Phi) is 5.43. The lowest BCUT2D eigenvalue weighted by atomic mass is 10.1. The maximum absolute atomic E-state index is 11.0. The molecule has 1 rings (SSSR count). The minimum Gasteiger partial charge on any atom is -0.478 e. The van der Waals surface area contributed by atoms with Crippen LogP contribution in [0.4, 0.5) is 0 Å². The number of carboxylic acids is 1. The van der Waals surface area contributed by atoms with Crippen LogP contribution in [-0.4, -0.2) is 23.8 Å². The Labute approximate surface area is 102 Å². The summed E-state index contributed by atoms with van der Waals surface area (Å²) in [5, 5.41) is 9.01. The predicted molar refractivity (Wildman–Crippen MR) is 68.1 cm³/mol. The van der Waals surface area contributed by atoms with Gasteiger partial charge in [-0.3, -0.25) is 0 Å². The van der Waals surface area contributed by atoms with E-state index in [0.29, 0.717) is 17.7 Å². The second-order valence-electron chi connectivity index (χ2n) is 3.83. The van der Waals surface area contributed by atoms with Gasteiger partial charge >= 0.3 is 5.97 Å². The molecule has 0 heterocycles. The van der Waals surface area contributed by atoms with Crippen molar-refractivity contribution in [1.29, 1.82) is 0 Å². The van der Waals surface area contributed by atoms with Crippen molar-refractivity contribution in [2.75, 3.05) is 6.61 Å². The molecule has 3 heteroatoms. The molecule has 1 atom stereocenters. The van der Waals surface area contributed by atoms with Gasteiger partial charge in [-0.1, -0.05) is 37.3 Å². The number of aromatic carboxylic acids is 1. The Morgan fingerprint density at radius 2 is 2.18 bits per heavy atom. The third-order valence-corrected chi connectivity index (χ3v) is 2.32. The predicted octanol–water partition coefficient (Wildman–Crippen LogP) is 3.21. The average Bonchev–Trinajstić information content (AvgIpc) is 2.34. The molecule has 0 fully saturated rings. The highest BCUT2D eigenvalue weighted by Crippen LogP contribution is 2.11. The molecule has 0 radical (unpaired) electrons. The molecular weight excluding hydrogens is 216 g/mol. The van der Waals surface area contributed by atoms with Gasteiger partial charge in [0.1, 0.15) is 0 Å². The maximum Gasteiger partial charge on any atom is 0.336 e. The molecule has 92 valence electrons. The van der Waals surface area contributed by atoms with Crippen molar-refractivity contribution in [3.63, 3.8) is 0 Å². The van der Waals surface area contributed by atoms with Crippen molar-refractivity contribution < 1.29 is 14.6 Å². The largest absolute Gasteiger partial charge is 0.478 e. The van der Waals surface area contributed by atoms with E-state index in [-0.39, 0.29) is 6.10 Å². The van der Waals surface area contributed by atoms with Gasteiger partial charge in [-0.25, -0.2) is 4.79 Å². The van der Waals surface area contributed by atoms with Crippen molar-refractivity contribution in [2.24, 2.45) is 0 Å². The van der Waals surface area contributed by atoms with Gasteiger partial charge in [-0.2, -0.15) is 0 Å². The molecule has 1 aromatic rings. The zero-order valence-corrected chi connectivity index (χ0v) is 10.2. The summed E-state index contributed by atoms with van der Waals surface area (Å²) in [7, 11) is 0. The van der Waals surface area contributed by atoms with Crippen LogP contribution in [-0.2, 0) is 4.74 Å². The highest BCUT2D eigenvalue weighted by Gasteiger charge is 2.06. The lowest BCUT2D eigenvalue weighted by Gasteiger charge is -2.07. The van der Waals surface area contributed by atoms with Gasteiger partial charge in [-0.15, -0.1) is 0 Å². The first-order valence-electron chi connectivity index (χ1n) is 5.77. The normalized spacial score (nSPS) is 12.8. The van der Waals surface area contributed by atoms with E-state index in [1.165, 1.54) is 0 Å². The van der Waals surface area contributed by atoms with E-state index < -0.39 is 5.97 Å². The zero-order valence-electron chi connectivity index (χ0n) is 10.2. The lowest BCUT2D eigenvalue weighted by molar-refractivity contribution is 0.0696. The van der Waals surface area contributed by atoms with Gasteiger partial charge in [0, 0.05) is 6.61 Å². The minimum atomic E-state index is -0.910. The van der Waals surface area contributed by atoms with Gasteiger partial charge in [0.2, 0.25) is 0 Å². The zero-order chi connectivity index (χ0) is 12.7. The third-order valence-electron chi connectivity index (χ3n) is 2.32. The van der Waals surface area contributed by atoms with Gasteiger partial charge in [0.25, 0.3) is 0 Å². The molecule has 0 amide bonds. The van der Waals surface area contributed by atoms with Crippen LogP contribution in [0, 0.1) is 0 Å². The summed E-state index contributed by atoms with van der Waals surface area (Å²) in [6, 6.07) is 6.92. The quantitative estimate of drug-likeness (QED) is 0.822. The van der Waals surface area contributed by atoms with Crippen molar-refractivity contribution in [2.45, 2.75) is 26.4 Å². The first-order valence-corrected chi connectivity index (χ1v) is 5.77. The SMILES string of the molecule is CCCOC(C)C=Cc1ccccc1C(=O)O. The summed E-state index contributed by atoms with van der Waals surface area (Å²) in [6.45, 7) is 4.71. The minimum absolute atomic E-state index is 0.00296. The Morgan fingerprint density at radius 3 is 2.82 bits per heavy atom. The van der Waals surface area contributed by atoms with Gasteiger partial charge in [0.15, 0.2) is 0 Å². The van der Waals surface area contributed by atoms with Crippen LogP contribution in [0.2, 0.25) is 0 Å². The Hall–Kier alpha value is -1.61. The van der Waals surface area contributed by atoms with Crippen molar-refractivity contribution >= 4 is 12.0 Å². The highest BCUT2D eigenvalue weighted by atomic mass is 16.5. The highest BCUT2D eigenvalue weighted by molar-refractivity contribution is 5.92. The third kappa shape index (κ3) is 4.41. The van der Waals surface area contributed by atoms with Gasteiger partial charge < -0.3 is 9.84 Å². The van der Waals surface area contributed by atoms with Crippen LogP contribution in [0.1, 0.15) is 36.2 Å². The topological polar surface area (TPSA) is 46.5 Å².